The van der Waals surface area contributed by atoms with Crippen molar-refractivity contribution in [2.45, 2.75) is 37.7 Å². The van der Waals surface area contributed by atoms with Gasteiger partial charge in [0.05, 0.1) is 11.4 Å². The molecular formula is C17H21N3O3S. The van der Waals surface area contributed by atoms with E-state index in [0.29, 0.717) is 23.9 Å². The van der Waals surface area contributed by atoms with Crippen LogP contribution in [-0.4, -0.2) is 42.1 Å². The first kappa shape index (κ1) is 16.9. The Morgan fingerprint density at radius 2 is 2.08 bits per heavy atom. The van der Waals surface area contributed by atoms with Crippen molar-refractivity contribution in [3.63, 3.8) is 0 Å². The van der Waals surface area contributed by atoms with Crippen LogP contribution in [0.1, 0.15) is 24.0 Å². The van der Waals surface area contributed by atoms with Crippen molar-refractivity contribution < 1.29 is 13.2 Å². The number of hydrogen-bond donors (Lipinski definition) is 0. The molecule has 0 saturated carbocycles. The van der Waals surface area contributed by atoms with Gasteiger partial charge >= 0.3 is 0 Å². The maximum atomic E-state index is 13.0. The van der Waals surface area contributed by atoms with E-state index in [9.17, 15) is 8.42 Å². The SMILES string of the molecule is Cc1ccc(C)c(S(=O)(=O)N2CCCC(Oc3cccnn3)C2)c1. The molecule has 0 bridgehead atoms. The summed E-state index contributed by atoms with van der Waals surface area (Å²) in [6, 6.07) is 8.98. The topological polar surface area (TPSA) is 72.4 Å². The molecule has 0 aliphatic carbocycles. The van der Waals surface area contributed by atoms with E-state index in [1.807, 2.05) is 26.0 Å². The molecule has 1 saturated heterocycles. The molecule has 1 fully saturated rings. The smallest absolute Gasteiger partial charge is 0.243 e. The lowest BCUT2D eigenvalue weighted by atomic mass is 10.1. The van der Waals surface area contributed by atoms with Crippen molar-refractivity contribution in [2.24, 2.45) is 0 Å². The fourth-order valence-electron chi connectivity index (χ4n) is 2.86. The lowest BCUT2D eigenvalue weighted by molar-refractivity contribution is 0.123. The van der Waals surface area contributed by atoms with Crippen LogP contribution < -0.4 is 4.74 Å². The molecule has 0 spiro atoms. The number of aryl methyl sites for hydroxylation is 2. The minimum absolute atomic E-state index is 0.213. The van der Waals surface area contributed by atoms with E-state index in [1.165, 1.54) is 4.31 Å². The molecule has 1 aliphatic heterocycles. The van der Waals surface area contributed by atoms with Crippen molar-refractivity contribution in [1.29, 1.82) is 0 Å². The first-order valence-corrected chi connectivity index (χ1v) is 9.42. The third-order valence-electron chi connectivity index (χ3n) is 4.14. The van der Waals surface area contributed by atoms with Crippen LogP contribution in [0.25, 0.3) is 0 Å². The molecule has 1 aliphatic rings. The van der Waals surface area contributed by atoms with Gasteiger partial charge in [0.25, 0.3) is 0 Å². The van der Waals surface area contributed by atoms with Gasteiger partial charge in [-0.15, -0.1) is 5.10 Å². The Balaban J connectivity index is 1.79. The fourth-order valence-corrected chi connectivity index (χ4v) is 4.68. The summed E-state index contributed by atoms with van der Waals surface area (Å²) in [7, 11) is -3.52. The average Bonchev–Trinajstić information content (AvgIpc) is 2.58. The van der Waals surface area contributed by atoms with E-state index in [2.05, 4.69) is 10.2 Å². The van der Waals surface area contributed by atoms with Crippen molar-refractivity contribution in [3.8, 4) is 5.88 Å². The molecule has 2 aromatic rings. The molecule has 1 atom stereocenters. The zero-order chi connectivity index (χ0) is 17.2. The molecule has 0 N–H and O–H groups in total. The maximum Gasteiger partial charge on any atom is 0.243 e. The molecule has 1 unspecified atom stereocenters. The Bertz CT molecular complexity index is 809. The van der Waals surface area contributed by atoms with E-state index in [1.54, 1.807) is 24.4 Å². The van der Waals surface area contributed by atoms with Crippen LogP contribution in [0.4, 0.5) is 0 Å². The Labute approximate surface area is 142 Å². The van der Waals surface area contributed by atoms with Crippen molar-refractivity contribution >= 4 is 10.0 Å². The predicted molar refractivity (Wildman–Crippen MR) is 90.4 cm³/mol. The standard InChI is InChI=1S/C17H21N3O3S/c1-13-7-8-14(2)16(11-13)24(21,22)20-10-4-5-15(12-20)23-17-6-3-9-18-19-17/h3,6-9,11,15H,4-5,10,12H2,1-2H3. The highest BCUT2D eigenvalue weighted by atomic mass is 32.2. The van der Waals surface area contributed by atoms with Gasteiger partial charge in [-0.3, -0.25) is 0 Å². The highest BCUT2D eigenvalue weighted by molar-refractivity contribution is 7.89. The fraction of sp³-hybridized carbons (Fsp3) is 0.412. The van der Waals surface area contributed by atoms with Crippen molar-refractivity contribution in [1.82, 2.24) is 14.5 Å². The predicted octanol–water partition coefficient (Wildman–Crippen LogP) is 2.33. The first-order chi connectivity index (χ1) is 11.5. The number of benzene rings is 1. The zero-order valence-electron chi connectivity index (χ0n) is 13.8. The van der Waals surface area contributed by atoms with Crippen LogP contribution in [-0.2, 0) is 10.0 Å². The van der Waals surface area contributed by atoms with E-state index in [-0.39, 0.29) is 6.10 Å². The first-order valence-electron chi connectivity index (χ1n) is 7.98. The second kappa shape index (κ2) is 6.86. The van der Waals surface area contributed by atoms with Gasteiger partial charge in [0.2, 0.25) is 15.9 Å². The summed E-state index contributed by atoms with van der Waals surface area (Å²) in [6.45, 7) is 4.56. The Kier molecular flexibility index (Phi) is 4.82. The number of nitrogens with zero attached hydrogens (tertiary/aromatic N) is 3. The van der Waals surface area contributed by atoms with Crippen LogP contribution in [0, 0.1) is 13.8 Å². The van der Waals surface area contributed by atoms with Gasteiger partial charge < -0.3 is 4.74 Å². The summed E-state index contributed by atoms with van der Waals surface area (Å²) >= 11 is 0. The Morgan fingerprint density at radius 3 is 2.83 bits per heavy atom. The van der Waals surface area contributed by atoms with Crippen LogP contribution >= 0.6 is 0 Å². The van der Waals surface area contributed by atoms with Crippen LogP contribution in [0.3, 0.4) is 0 Å². The average molecular weight is 347 g/mol. The van der Waals surface area contributed by atoms with Crippen LogP contribution in [0.15, 0.2) is 41.4 Å². The van der Waals surface area contributed by atoms with Gasteiger partial charge in [-0.1, -0.05) is 12.1 Å². The van der Waals surface area contributed by atoms with Gasteiger partial charge in [0.15, 0.2) is 0 Å². The molecule has 1 aromatic heterocycles. The number of ether oxygens (including phenoxy) is 1. The van der Waals surface area contributed by atoms with Crippen molar-refractivity contribution in [3.05, 3.63) is 47.7 Å². The summed E-state index contributed by atoms with van der Waals surface area (Å²) in [6.07, 6.45) is 2.92. The third kappa shape index (κ3) is 3.57. The van der Waals surface area contributed by atoms with E-state index in [0.717, 1.165) is 24.0 Å². The highest BCUT2D eigenvalue weighted by Gasteiger charge is 2.32. The molecule has 24 heavy (non-hydrogen) atoms. The number of aromatic nitrogens is 2. The summed E-state index contributed by atoms with van der Waals surface area (Å²) in [4.78, 5) is 0.377. The number of hydrogen-bond acceptors (Lipinski definition) is 5. The van der Waals surface area contributed by atoms with Crippen molar-refractivity contribution in [2.75, 3.05) is 13.1 Å². The zero-order valence-corrected chi connectivity index (χ0v) is 14.7. The van der Waals surface area contributed by atoms with Gasteiger partial charge in [-0.2, -0.15) is 9.40 Å². The van der Waals surface area contributed by atoms with Gasteiger partial charge in [-0.25, -0.2) is 8.42 Å². The second-order valence-electron chi connectivity index (χ2n) is 6.08. The summed E-state index contributed by atoms with van der Waals surface area (Å²) in [5, 5.41) is 7.68. The minimum atomic E-state index is -3.52. The van der Waals surface area contributed by atoms with Gasteiger partial charge in [0, 0.05) is 18.8 Å². The monoisotopic (exact) mass is 347 g/mol. The largest absolute Gasteiger partial charge is 0.472 e. The highest BCUT2D eigenvalue weighted by Crippen LogP contribution is 2.25. The third-order valence-corrected chi connectivity index (χ3v) is 6.14. The number of piperidine rings is 1. The minimum Gasteiger partial charge on any atom is -0.472 e. The lowest BCUT2D eigenvalue weighted by Crippen LogP contribution is -2.44. The van der Waals surface area contributed by atoms with E-state index >= 15 is 0 Å². The summed E-state index contributed by atoms with van der Waals surface area (Å²) < 4.78 is 33.3. The quantitative estimate of drug-likeness (QED) is 0.849. The number of rotatable bonds is 4. The van der Waals surface area contributed by atoms with Gasteiger partial charge in [0.1, 0.15) is 6.10 Å². The number of sulfonamides is 1. The van der Waals surface area contributed by atoms with Gasteiger partial charge in [-0.05, 0) is 49.9 Å². The maximum absolute atomic E-state index is 13.0. The summed E-state index contributed by atoms with van der Waals surface area (Å²) in [5.74, 6) is 0.425. The molecule has 1 aromatic carbocycles. The molecule has 6 nitrogen and oxygen atoms in total. The molecule has 3 rings (SSSR count). The Hall–Kier alpha value is -1.99. The van der Waals surface area contributed by atoms with E-state index in [4.69, 9.17) is 4.74 Å². The van der Waals surface area contributed by atoms with E-state index < -0.39 is 10.0 Å². The Morgan fingerprint density at radius 1 is 1.25 bits per heavy atom. The lowest BCUT2D eigenvalue weighted by Gasteiger charge is -2.32. The molecule has 0 amide bonds. The summed E-state index contributed by atoms with van der Waals surface area (Å²) in [5.41, 5.74) is 1.70. The molecule has 128 valence electrons. The molecular weight excluding hydrogens is 326 g/mol. The second-order valence-corrected chi connectivity index (χ2v) is 7.98. The molecule has 2 heterocycles. The normalized spacial score (nSPS) is 19.2. The van der Waals surface area contributed by atoms with Crippen LogP contribution in [0.2, 0.25) is 0 Å². The molecule has 7 heteroatoms. The van der Waals surface area contributed by atoms with Crippen LogP contribution in [0.5, 0.6) is 5.88 Å². The molecule has 0 radical (unpaired) electrons.